The zero-order valence-corrected chi connectivity index (χ0v) is 45.6. The van der Waals surface area contributed by atoms with Gasteiger partial charge in [-0.05, 0) is 141 Å². The van der Waals surface area contributed by atoms with E-state index in [2.05, 4.69) is 209 Å². The molecular weight excluding hydrogens is 885 g/mol. The SMILES string of the molecule is CC/C=C\C/C=C\C/C=C\C/C=C\C/C=C\C/C=C\CCCOCC(COC(=O)CC/C=C\C/C=C\C/C=C\C/C=C\C/C=C\C/C=C\CC)OC(=O)CCCCCC/C=C\C/C=C\C/C=C\C/C=C\CC. The summed E-state index contributed by atoms with van der Waals surface area (Å²) in [6.45, 7) is 7.20. The molecule has 0 aromatic heterocycles. The number of esters is 2. The first-order chi connectivity index (χ1) is 35.6. The van der Waals surface area contributed by atoms with Crippen LogP contribution < -0.4 is 0 Å². The summed E-state index contributed by atoms with van der Waals surface area (Å²) in [5.41, 5.74) is 0. The highest BCUT2D eigenvalue weighted by Gasteiger charge is 2.17. The normalized spacial score (nSPS) is 13.8. The molecule has 72 heavy (non-hydrogen) atoms. The molecule has 1 unspecified atom stereocenters. The number of rotatable bonds is 48. The molecule has 0 heterocycles. The third kappa shape index (κ3) is 57.3. The van der Waals surface area contributed by atoms with E-state index in [9.17, 15) is 9.59 Å². The maximum absolute atomic E-state index is 12.9. The van der Waals surface area contributed by atoms with E-state index in [1.165, 1.54) is 0 Å². The van der Waals surface area contributed by atoms with Gasteiger partial charge in [-0.3, -0.25) is 9.59 Å². The Balaban J connectivity index is 4.60. The third-order valence-electron chi connectivity index (χ3n) is 10.6. The Kier molecular flexibility index (Phi) is 55.7. The average molecular weight is 986 g/mol. The summed E-state index contributed by atoms with van der Waals surface area (Å²) in [7, 11) is 0. The van der Waals surface area contributed by atoms with Gasteiger partial charge in [0, 0.05) is 19.4 Å². The molecule has 0 bridgehead atoms. The highest BCUT2D eigenvalue weighted by molar-refractivity contribution is 5.70. The number of allylic oxidation sites excluding steroid dienone is 32. The lowest BCUT2D eigenvalue weighted by Crippen LogP contribution is -2.30. The maximum atomic E-state index is 12.9. The lowest BCUT2D eigenvalue weighted by Gasteiger charge is -2.18. The second kappa shape index (κ2) is 60.0. The summed E-state index contributed by atoms with van der Waals surface area (Å²) >= 11 is 0. The largest absolute Gasteiger partial charge is 0.462 e. The van der Waals surface area contributed by atoms with Crippen molar-refractivity contribution in [3.05, 3.63) is 194 Å². The Hall–Kier alpha value is -5.26. The highest BCUT2D eigenvalue weighted by Crippen LogP contribution is 2.10. The lowest BCUT2D eigenvalue weighted by molar-refractivity contribution is -0.162. The number of carbonyl (C=O) groups excluding carboxylic acids is 2. The van der Waals surface area contributed by atoms with Crippen LogP contribution in [0.5, 0.6) is 0 Å². The first kappa shape index (κ1) is 66.7. The van der Waals surface area contributed by atoms with Crippen LogP contribution in [-0.4, -0.2) is 37.9 Å². The third-order valence-corrected chi connectivity index (χ3v) is 10.6. The van der Waals surface area contributed by atoms with Gasteiger partial charge < -0.3 is 14.2 Å². The monoisotopic (exact) mass is 985 g/mol. The van der Waals surface area contributed by atoms with Crippen LogP contribution in [0.4, 0.5) is 0 Å². The number of ether oxygens (including phenoxy) is 3. The minimum absolute atomic E-state index is 0.00363. The van der Waals surface area contributed by atoms with Crippen LogP contribution in [0.25, 0.3) is 0 Å². The van der Waals surface area contributed by atoms with Gasteiger partial charge in [-0.15, -0.1) is 0 Å². The highest BCUT2D eigenvalue weighted by atomic mass is 16.6. The number of hydrogen-bond donors (Lipinski definition) is 0. The molecule has 0 aromatic carbocycles. The first-order valence-electron chi connectivity index (χ1n) is 28.0. The van der Waals surface area contributed by atoms with Gasteiger partial charge in [0.15, 0.2) is 6.10 Å². The van der Waals surface area contributed by atoms with E-state index < -0.39 is 6.10 Å². The molecule has 0 aliphatic carbocycles. The number of unbranched alkanes of at least 4 members (excludes halogenated alkanes) is 5. The van der Waals surface area contributed by atoms with Crippen LogP contribution in [0, 0.1) is 0 Å². The van der Waals surface area contributed by atoms with Crippen molar-refractivity contribution in [2.45, 2.75) is 194 Å². The summed E-state index contributed by atoms with van der Waals surface area (Å²) < 4.78 is 17.3. The van der Waals surface area contributed by atoms with Crippen molar-refractivity contribution in [3.8, 4) is 0 Å². The smallest absolute Gasteiger partial charge is 0.306 e. The second-order valence-corrected chi connectivity index (χ2v) is 17.3. The molecule has 398 valence electrons. The molecule has 0 rings (SSSR count). The predicted molar refractivity (Wildman–Crippen MR) is 315 cm³/mol. The molecule has 0 aromatic rings. The van der Waals surface area contributed by atoms with Crippen molar-refractivity contribution in [1.29, 1.82) is 0 Å². The Morgan fingerprint density at radius 3 is 0.972 bits per heavy atom. The Morgan fingerprint density at radius 1 is 0.306 bits per heavy atom. The fraction of sp³-hybridized carbons (Fsp3) is 0.493. The van der Waals surface area contributed by atoms with Crippen LogP contribution in [0.15, 0.2) is 194 Å². The van der Waals surface area contributed by atoms with Crippen molar-refractivity contribution in [3.63, 3.8) is 0 Å². The van der Waals surface area contributed by atoms with Crippen molar-refractivity contribution >= 4 is 11.9 Å². The lowest BCUT2D eigenvalue weighted by atomic mass is 10.1. The van der Waals surface area contributed by atoms with Crippen molar-refractivity contribution in [2.75, 3.05) is 19.8 Å². The predicted octanol–water partition coefficient (Wildman–Crippen LogP) is 19.6. The molecule has 0 fully saturated rings. The van der Waals surface area contributed by atoms with E-state index in [0.717, 1.165) is 148 Å². The molecule has 0 radical (unpaired) electrons. The molecular formula is C67H100O5. The number of hydrogen-bond acceptors (Lipinski definition) is 5. The van der Waals surface area contributed by atoms with E-state index in [0.29, 0.717) is 19.4 Å². The minimum Gasteiger partial charge on any atom is -0.462 e. The van der Waals surface area contributed by atoms with Gasteiger partial charge >= 0.3 is 11.9 Å². The zero-order valence-electron chi connectivity index (χ0n) is 45.6. The fourth-order valence-electron chi connectivity index (χ4n) is 6.60. The molecule has 0 spiro atoms. The quantitative estimate of drug-likeness (QED) is 0.0345. The van der Waals surface area contributed by atoms with Crippen molar-refractivity contribution in [2.24, 2.45) is 0 Å². The van der Waals surface area contributed by atoms with Gasteiger partial charge in [0.25, 0.3) is 0 Å². The van der Waals surface area contributed by atoms with Crippen LogP contribution in [0.3, 0.4) is 0 Å². The van der Waals surface area contributed by atoms with Gasteiger partial charge in [0.05, 0.1) is 6.61 Å². The van der Waals surface area contributed by atoms with Crippen LogP contribution in [-0.2, 0) is 23.8 Å². The van der Waals surface area contributed by atoms with Gasteiger partial charge in [-0.25, -0.2) is 0 Å². The van der Waals surface area contributed by atoms with Gasteiger partial charge in [-0.1, -0.05) is 228 Å². The van der Waals surface area contributed by atoms with Gasteiger partial charge in [0.2, 0.25) is 0 Å². The molecule has 0 aliphatic heterocycles. The summed E-state index contributed by atoms with van der Waals surface area (Å²) in [5, 5.41) is 0. The van der Waals surface area contributed by atoms with E-state index >= 15 is 0 Å². The Labute approximate surface area is 441 Å². The van der Waals surface area contributed by atoms with E-state index in [-0.39, 0.29) is 31.6 Å². The average Bonchev–Trinajstić information content (AvgIpc) is 3.38. The molecule has 0 saturated carbocycles. The van der Waals surface area contributed by atoms with Crippen molar-refractivity contribution < 1.29 is 23.8 Å². The Morgan fingerprint density at radius 2 is 0.611 bits per heavy atom. The van der Waals surface area contributed by atoms with Gasteiger partial charge in [0.1, 0.15) is 6.61 Å². The van der Waals surface area contributed by atoms with E-state index in [1.54, 1.807) is 0 Å². The molecule has 0 aliphatic rings. The molecule has 5 nitrogen and oxygen atoms in total. The standard InChI is InChI=1S/C67H100O5/c1-4-7-10-13-16-19-22-25-28-31-33-35-38-41-44-47-50-53-56-59-62-70-63-65(72-67(69)61-58-55-52-49-46-43-40-36-30-27-24-21-18-15-12-9-6-3)64-71-66(68)60-57-54-51-48-45-42-39-37-34-32-29-26-23-20-17-14-11-8-5-2/h7-12,16-21,25-30,33-35,37,40-45,50-51,53-54,65H,4-6,13-15,22-24,31-32,36,38-39,46-49,52,55-64H2,1-3H3/b10-7-,11-8-,12-9-,19-16-,20-17-,21-18-,28-25-,29-26-,30-27-,35-33-,37-34-,43-40-,44-41-,45-42-,53-50-,54-51-. The van der Waals surface area contributed by atoms with Crippen LogP contribution >= 0.6 is 0 Å². The van der Waals surface area contributed by atoms with Crippen LogP contribution in [0.1, 0.15) is 188 Å². The summed E-state index contributed by atoms with van der Waals surface area (Å²) in [5.74, 6) is -0.573. The van der Waals surface area contributed by atoms with Crippen molar-refractivity contribution in [1.82, 2.24) is 0 Å². The summed E-state index contributed by atoms with van der Waals surface area (Å²) in [4.78, 5) is 25.5. The number of carbonyl (C=O) groups is 2. The fourth-order valence-corrected chi connectivity index (χ4v) is 6.60. The first-order valence-corrected chi connectivity index (χ1v) is 28.0. The summed E-state index contributed by atoms with van der Waals surface area (Å²) in [6, 6.07) is 0. The molecule has 1 atom stereocenters. The molecule has 0 N–H and O–H groups in total. The summed E-state index contributed by atoms with van der Waals surface area (Å²) in [6.07, 6.45) is 93.3. The molecule has 0 amide bonds. The zero-order chi connectivity index (χ0) is 52.0. The minimum atomic E-state index is -0.628. The van der Waals surface area contributed by atoms with Gasteiger partial charge in [-0.2, -0.15) is 0 Å². The topological polar surface area (TPSA) is 61.8 Å². The van der Waals surface area contributed by atoms with E-state index in [4.69, 9.17) is 14.2 Å². The Bertz CT molecular complexity index is 1730. The van der Waals surface area contributed by atoms with Crippen LogP contribution in [0.2, 0.25) is 0 Å². The second-order valence-electron chi connectivity index (χ2n) is 17.3. The molecule has 5 heteroatoms. The van der Waals surface area contributed by atoms with E-state index in [1.807, 2.05) is 6.08 Å². The maximum Gasteiger partial charge on any atom is 0.306 e. The molecule has 0 saturated heterocycles.